The second-order valence-electron chi connectivity index (χ2n) is 3.19. The first-order chi connectivity index (χ1) is 7.35. The highest BCUT2D eigenvalue weighted by Crippen LogP contribution is 2.14. The number of hydrogen-bond donors (Lipinski definition) is 0. The SMILES string of the molecule is C=Cc1nc2ccccc2nc1/C=C\C. The molecule has 0 aliphatic carbocycles. The number of aromatic nitrogens is 2. The van der Waals surface area contributed by atoms with Crippen molar-refractivity contribution in [3.8, 4) is 0 Å². The Morgan fingerprint density at radius 3 is 2.20 bits per heavy atom. The molecule has 1 heterocycles. The summed E-state index contributed by atoms with van der Waals surface area (Å²) in [7, 11) is 0. The van der Waals surface area contributed by atoms with E-state index in [4.69, 9.17) is 0 Å². The van der Waals surface area contributed by atoms with Gasteiger partial charge in [-0.3, -0.25) is 0 Å². The average molecular weight is 196 g/mol. The molecule has 0 aliphatic rings. The van der Waals surface area contributed by atoms with E-state index < -0.39 is 0 Å². The number of hydrogen-bond acceptors (Lipinski definition) is 2. The monoisotopic (exact) mass is 196 g/mol. The zero-order valence-corrected chi connectivity index (χ0v) is 8.64. The van der Waals surface area contributed by atoms with Crippen LogP contribution in [0.1, 0.15) is 18.3 Å². The highest BCUT2D eigenvalue weighted by Gasteiger charge is 2.02. The standard InChI is InChI=1S/C13H12N2/c1-3-7-11-10(4-2)14-12-8-5-6-9-13(12)15-11/h3-9H,2H2,1H3/b7-3-. The lowest BCUT2D eigenvalue weighted by Gasteiger charge is -2.02. The Morgan fingerprint density at radius 2 is 1.67 bits per heavy atom. The summed E-state index contributed by atoms with van der Waals surface area (Å²) in [5.74, 6) is 0. The van der Waals surface area contributed by atoms with Crippen LogP contribution in [-0.4, -0.2) is 9.97 Å². The molecule has 0 spiro atoms. The topological polar surface area (TPSA) is 25.8 Å². The smallest absolute Gasteiger partial charge is 0.0894 e. The Morgan fingerprint density at radius 1 is 1.07 bits per heavy atom. The van der Waals surface area contributed by atoms with E-state index in [0.717, 1.165) is 22.4 Å². The van der Waals surface area contributed by atoms with Gasteiger partial charge in [0, 0.05) is 0 Å². The van der Waals surface area contributed by atoms with Gasteiger partial charge in [-0.05, 0) is 31.2 Å². The fourth-order valence-corrected chi connectivity index (χ4v) is 1.46. The molecule has 0 amide bonds. The lowest BCUT2D eigenvalue weighted by molar-refractivity contribution is 1.24. The highest BCUT2D eigenvalue weighted by molar-refractivity contribution is 5.77. The minimum absolute atomic E-state index is 0.826. The van der Waals surface area contributed by atoms with Crippen LogP contribution in [0.25, 0.3) is 23.2 Å². The van der Waals surface area contributed by atoms with Gasteiger partial charge in [0.05, 0.1) is 22.4 Å². The number of fused-ring (bicyclic) bond motifs is 1. The second-order valence-corrected chi connectivity index (χ2v) is 3.19. The van der Waals surface area contributed by atoms with Crippen molar-refractivity contribution < 1.29 is 0 Å². The van der Waals surface area contributed by atoms with Gasteiger partial charge < -0.3 is 0 Å². The molecule has 0 unspecified atom stereocenters. The first-order valence-electron chi connectivity index (χ1n) is 4.87. The molecule has 0 atom stereocenters. The van der Waals surface area contributed by atoms with Crippen LogP contribution < -0.4 is 0 Å². The van der Waals surface area contributed by atoms with Gasteiger partial charge in [-0.15, -0.1) is 0 Å². The maximum absolute atomic E-state index is 4.52. The van der Waals surface area contributed by atoms with Crippen LogP contribution in [0.5, 0.6) is 0 Å². The van der Waals surface area contributed by atoms with Gasteiger partial charge in [0.2, 0.25) is 0 Å². The summed E-state index contributed by atoms with van der Waals surface area (Å²) in [6.07, 6.45) is 5.62. The summed E-state index contributed by atoms with van der Waals surface area (Å²) in [5.41, 5.74) is 3.51. The van der Waals surface area contributed by atoms with Gasteiger partial charge in [-0.2, -0.15) is 0 Å². The highest BCUT2D eigenvalue weighted by atomic mass is 14.8. The Balaban J connectivity index is 2.74. The average Bonchev–Trinajstić information content (AvgIpc) is 2.28. The molecule has 15 heavy (non-hydrogen) atoms. The number of benzene rings is 1. The molecule has 1 aromatic carbocycles. The fraction of sp³-hybridized carbons (Fsp3) is 0.0769. The zero-order chi connectivity index (χ0) is 10.7. The zero-order valence-electron chi connectivity index (χ0n) is 8.64. The minimum Gasteiger partial charge on any atom is -0.245 e. The molecule has 2 rings (SSSR count). The summed E-state index contributed by atoms with van der Waals surface area (Å²) >= 11 is 0. The molecule has 0 N–H and O–H groups in total. The Hall–Kier alpha value is -1.96. The van der Waals surface area contributed by atoms with Crippen LogP contribution >= 0.6 is 0 Å². The van der Waals surface area contributed by atoms with E-state index in [2.05, 4.69) is 16.5 Å². The van der Waals surface area contributed by atoms with E-state index in [1.807, 2.05) is 43.3 Å². The largest absolute Gasteiger partial charge is 0.245 e. The first-order valence-corrected chi connectivity index (χ1v) is 4.87. The maximum atomic E-state index is 4.52. The van der Waals surface area contributed by atoms with E-state index in [9.17, 15) is 0 Å². The quantitative estimate of drug-likeness (QED) is 0.736. The van der Waals surface area contributed by atoms with Crippen LogP contribution in [0, 0.1) is 0 Å². The lowest BCUT2D eigenvalue weighted by Crippen LogP contribution is -1.93. The summed E-state index contributed by atoms with van der Waals surface area (Å²) in [4.78, 5) is 9.00. The van der Waals surface area contributed by atoms with Crippen LogP contribution in [0.4, 0.5) is 0 Å². The van der Waals surface area contributed by atoms with Crippen molar-refractivity contribution >= 4 is 23.2 Å². The molecule has 0 aliphatic heterocycles. The number of para-hydroxylation sites is 2. The van der Waals surface area contributed by atoms with Crippen molar-refractivity contribution in [3.05, 3.63) is 48.3 Å². The third-order valence-corrected chi connectivity index (χ3v) is 2.14. The van der Waals surface area contributed by atoms with Crippen molar-refractivity contribution in [2.75, 3.05) is 0 Å². The molecule has 0 fully saturated rings. The number of rotatable bonds is 2. The van der Waals surface area contributed by atoms with Crippen LogP contribution in [-0.2, 0) is 0 Å². The molecule has 0 saturated carbocycles. The minimum atomic E-state index is 0.826. The van der Waals surface area contributed by atoms with Crippen molar-refractivity contribution in [2.45, 2.75) is 6.92 Å². The number of allylic oxidation sites excluding steroid dienone is 1. The van der Waals surface area contributed by atoms with Crippen molar-refractivity contribution in [1.29, 1.82) is 0 Å². The molecule has 2 nitrogen and oxygen atoms in total. The van der Waals surface area contributed by atoms with E-state index in [0.29, 0.717) is 0 Å². The third kappa shape index (κ3) is 1.79. The van der Waals surface area contributed by atoms with E-state index in [-0.39, 0.29) is 0 Å². The molecule has 2 heteroatoms. The van der Waals surface area contributed by atoms with E-state index in [1.54, 1.807) is 6.08 Å². The Kier molecular flexibility index (Phi) is 2.59. The third-order valence-electron chi connectivity index (χ3n) is 2.14. The molecule has 0 bridgehead atoms. The van der Waals surface area contributed by atoms with E-state index >= 15 is 0 Å². The predicted molar refractivity (Wildman–Crippen MR) is 64.3 cm³/mol. The van der Waals surface area contributed by atoms with Gasteiger partial charge in [-0.25, -0.2) is 9.97 Å². The molecular weight excluding hydrogens is 184 g/mol. The number of nitrogens with zero attached hydrogens (tertiary/aromatic N) is 2. The van der Waals surface area contributed by atoms with Gasteiger partial charge in [0.15, 0.2) is 0 Å². The van der Waals surface area contributed by atoms with Gasteiger partial charge in [0.1, 0.15) is 0 Å². The van der Waals surface area contributed by atoms with Gasteiger partial charge >= 0.3 is 0 Å². The fourth-order valence-electron chi connectivity index (χ4n) is 1.46. The van der Waals surface area contributed by atoms with E-state index in [1.165, 1.54) is 0 Å². The summed E-state index contributed by atoms with van der Waals surface area (Å²) in [6.45, 7) is 5.71. The Bertz CT molecular complexity index is 527. The molecule has 2 aromatic rings. The molecule has 0 saturated heterocycles. The summed E-state index contributed by atoms with van der Waals surface area (Å²) in [6, 6.07) is 7.83. The summed E-state index contributed by atoms with van der Waals surface area (Å²) < 4.78 is 0. The second kappa shape index (κ2) is 4.05. The summed E-state index contributed by atoms with van der Waals surface area (Å²) in [5, 5.41) is 0. The van der Waals surface area contributed by atoms with Gasteiger partial charge in [-0.1, -0.05) is 24.8 Å². The van der Waals surface area contributed by atoms with Crippen molar-refractivity contribution in [1.82, 2.24) is 9.97 Å². The van der Waals surface area contributed by atoms with Crippen molar-refractivity contribution in [3.63, 3.8) is 0 Å². The Labute approximate surface area is 89.0 Å². The van der Waals surface area contributed by atoms with Gasteiger partial charge in [0.25, 0.3) is 0 Å². The van der Waals surface area contributed by atoms with Crippen LogP contribution in [0.15, 0.2) is 36.9 Å². The molecule has 0 radical (unpaired) electrons. The van der Waals surface area contributed by atoms with Crippen LogP contribution in [0.3, 0.4) is 0 Å². The maximum Gasteiger partial charge on any atom is 0.0894 e. The lowest BCUT2D eigenvalue weighted by atomic mass is 10.2. The van der Waals surface area contributed by atoms with Crippen LogP contribution in [0.2, 0.25) is 0 Å². The molecule has 74 valence electrons. The molecular formula is C13H12N2. The molecule has 1 aromatic heterocycles. The van der Waals surface area contributed by atoms with Crippen molar-refractivity contribution in [2.24, 2.45) is 0 Å². The first kappa shape index (κ1) is 9.59. The normalized spacial score (nSPS) is 11.0. The predicted octanol–water partition coefficient (Wildman–Crippen LogP) is 3.31.